The highest BCUT2D eigenvalue weighted by molar-refractivity contribution is 5.69. The number of carbonyl (C=O) groups is 1. The van der Waals surface area contributed by atoms with Gasteiger partial charge in [0.15, 0.2) is 6.10 Å². The molecule has 7 heteroatoms. The van der Waals surface area contributed by atoms with Gasteiger partial charge in [0.05, 0.1) is 13.1 Å². The number of aliphatic carboxylic acids is 1. The van der Waals surface area contributed by atoms with Crippen LogP contribution in [0, 0.1) is 12.3 Å². The van der Waals surface area contributed by atoms with Crippen molar-refractivity contribution in [2.45, 2.75) is 12.3 Å². The molecule has 0 aliphatic carbocycles. The fourth-order valence-corrected chi connectivity index (χ4v) is 0.853. The molecular weight excluding hydrogens is 215 g/mol. The predicted octanol–water partition coefficient (Wildman–Crippen LogP) is -0.0706. The maximum Gasteiger partial charge on any atom is 0.415 e. The molecular formula is C8H10F3NO3. The summed E-state index contributed by atoms with van der Waals surface area (Å²) in [5.41, 5.74) is 0. The van der Waals surface area contributed by atoms with E-state index in [2.05, 4.69) is 0 Å². The smallest absolute Gasteiger partial charge is 0.415 e. The minimum absolute atomic E-state index is 0.264. The second-order valence-electron chi connectivity index (χ2n) is 2.82. The molecule has 0 bridgehead atoms. The molecule has 2 N–H and O–H groups in total. The van der Waals surface area contributed by atoms with Gasteiger partial charge in [-0.1, -0.05) is 5.92 Å². The van der Waals surface area contributed by atoms with Crippen LogP contribution >= 0.6 is 0 Å². The monoisotopic (exact) mass is 225 g/mol. The normalized spacial score (nSPS) is 13.6. The van der Waals surface area contributed by atoms with Crippen LogP contribution in [0.1, 0.15) is 0 Å². The summed E-state index contributed by atoms with van der Waals surface area (Å²) >= 11 is 0. The molecule has 0 aliphatic rings. The lowest BCUT2D eigenvalue weighted by molar-refractivity contribution is -0.208. The molecule has 86 valence electrons. The van der Waals surface area contributed by atoms with Crippen molar-refractivity contribution in [1.82, 2.24) is 4.90 Å². The van der Waals surface area contributed by atoms with Crippen molar-refractivity contribution in [3.8, 4) is 12.3 Å². The first-order chi connectivity index (χ1) is 6.77. The minimum atomic E-state index is -4.77. The van der Waals surface area contributed by atoms with Crippen molar-refractivity contribution in [1.29, 1.82) is 0 Å². The number of aliphatic hydroxyl groups is 1. The van der Waals surface area contributed by atoms with Gasteiger partial charge in [-0.25, -0.2) is 0 Å². The van der Waals surface area contributed by atoms with Gasteiger partial charge in [-0.05, 0) is 0 Å². The van der Waals surface area contributed by atoms with Crippen LogP contribution in [0.25, 0.3) is 0 Å². The Balaban J connectivity index is 4.29. The number of rotatable bonds is 5. The Hall–Kier alpha value is -1.26. The third-order valence-corrected chi connectivity index (χ3v) is 1.48. The summed E-state index contributed by atoms with van der Waals surface area (Å²) in [6.07, 6.45) is -2.52. The van der Waals surface area contributed by atoms with Gasteiger partial charge in [-0.15, -0.1) is 6.42 Å². The van der Waals surface area contributed by atoms with E-state index in [0.717, 1.165) is 4.90 Å². The standard InChI is InChI=1S/C8H10F3NO3/c1-2-3-12(5-7(14)15)4-6(13)8(9,10)11/h1,6,13H,3-5H2,(H,14,15). The summed E-state index contributed by atoms with van der Waals surface area (Å²) in [6, 6.07) is 0. The summed E-state index contributed by atoms with van der Waals surface area (Å²) in [5.74, 6) is 0.708. The summed E-state index contributed by atoms with van der Waals surface area (Å²) < 4.78 is 35.7. The van der Waals surface area contributed by atoms with Crippen LogP contribution in [-0.4, -0.2) is 53.0 Å². The first-order valence-corrected chi connectivity index (χ1v) is 3.89. The molecule has 0 aromatic rings. The SMILES string of the molecule is C#CCN(CC(=O)O)CC(O)C(F)(F)F. The Bertz CT molecular complexity index is 259. The van der Waals surface area contributed by atoms with Gasteiger partial charge in [0.2, 0.25) is 0 Å². The minimum Gasteiger partial charge on any atom is -0.480 e. The van der Waals surface area contributed by atoms with Crippen molar-refractivity contribution in [2.24, 2.45) is 0 Å². The van der Waals surface area contributed by atoms with Crippen LogP contribution in [0.5, 0.6) is 0 Å². The van der Waals surface area contributed by atoms with Gasteiger partial charge in [-0.3, -0.25) is 9.69 Å². The zero-order valence-corrected chi connectivity index (χ0v) is 7.66. The van der Waals surface area contributed by atoms with Gasteiger partial charge < -0.3 is 10.2 Å². The molecule has 4 nitrogen and oxygen atoms in total. The van der Waals surface area contributed by atoms with E-state index >= 15 is 0 Å². The van der Waals surface area contributed by atoms with Crippen LogP contribution in [0.15, 0.2) is 0 Å². The quantitative estimate of drug-likeness (QED) is 0.643. The molecule has 0 heterocycles. The highest BCUT2D eigenvalue weighted by atomic mass is 19.4. The lowest BCUT2D eigenvalue weighted by Crippen LogP contribution is -2.43. The topological polar surface area (TPSA) is 60.8 Å². The number of halogens is 3. The maximum atomic E-state index is 11.9. The van der Waals surface area contributed by atoms with Gasteiger partial charge >= 0.3 is 12.1 Å². The molecule has 0 saturated heterocycles. The van der Waals surface area contributed by atoms with Crippen molar-refractivity contribution in [3.63, 3.8) is 0 Å². The lowest BCUT2D eigenvalue weighted by Gasteiger charge is -2.22. The fourth-order valence-electron chi connectivity index (χ4n) is 0.853. The second-order valence-corrected chi connectivity index (χ2v) is 2.82. The Kier molecular flexibility index (Phi) is 5.11. The number of carboxylic acid groups (broad SMARTS) is 1. The van der Waals surface area contributed by atoms with Crippen LogP contribution in [-0.2, 0) is 4.79 Å². The van der Waals surface area contributed by atoms with Crippen LogP contribution in [0.2, 0.25) is 0 Å². The van der Waals surface area contributed by atoms with Gasteiger partial charge in [-0.2, -0.15) is 13.2 Å². The number of terminal acetylenes is 1. The summed E-state index contributed by atoms with van der Waals surface area (Å²) in [7, 11) is 0. The lowest BCUT2D eigenvalue weighted by atomic mass is 10.3. The van der Waals surface area contributed by atoms with E-state index in [1.54, 1.807) is 0 Å². The molecule has 0 aromatic heterocycles. The molecule has 15 heavy (non-hydrogen) atoms. The zero-order chi connectivity index (χ0) is 12.1. The van der Waals surface area contributed by atoms with Crippen molar-refractivity contribution < 1.29 is 28.2 Å². The first-order valence-electron chi connectivity index (χ1n) is 3.89. The maximum absolute atomic E-state index is 11.9. The van der Waals surface area contributed by atoms with E-state index in [1.807, 2.05) is 5.92 Å². The van der Waals surface area contributed by atoms with Gasteiger partial charge in [0, 0.05) is 6.54 Å². The van der Waals surface area contributed by atoms with E-state index in [1.165, 1.54) is 0 Å². The molecule has 0 aromatic carbocycles. The molecule has 1 unspecified atom stereocenters. The number of aliphatic hydroxyl groups excluding tert-OH is 1. The highest BCUT2D eigenvalue weighted by Crippen LogP contribution is 2.20. The van der Waals surface area contributed by atoms with Crippen LogP contribution < -0.4 is 0 Å². The van der Waals surface area contributed by atoms with E-state index in [9.17, 15) is 18.0 Å². The number of carboxylic acids is 1. The average Bonchev–Trinajstić information content (AvgIpc) is 2.01. The molecule has 0 amide bonds. The van der Waals surface area contributed by atoms with E-state index in [0.29, 0.717) is 0 Å². The van der Waals surface area contributed by atoms with E-state index in [-0.39, 0.29) is 6.54 Å². The molecule has 0 rings (SSSR count). The molecule has 0 spiro atoms. The van der Waals surface area contributed by atoms with Gasteiger partial charge in [0.1, 0.15) is 0 Å². The number of nitrogens with zero attached hydrogens (tertiary/aromatic N) is 1. The molecule has 0 saturated carbocycles. The molecule has 0 radical (unpaired) electrons. The molecule has 0 aliphatic heterocycles. The Morgan fingerprint density at radius 2 is 2.07 bits per heavy atom. The predicted molar refractivity (Wildman–Crippen MR) is 45.0 cm³/mol. The van der Waals surface area contributed by atoms with Crippen LogP contribution in [0.4, 0.5) is 13.2 Å². The zero-order valence-electron chi connectivity index (χ0n) is 7.66. The summed E-state index contributed by atoms with van der Waals surface area (Å²) in [5, 5.41) is 17.0. The van der Waals surface area contributed by atoms with Crippen LogP contribution in [0.3, 0.4) is 0 Å². The van der Waals surface area contributed by atoms with E-state index < -0.39 is 31.3 Å². The highest BCUT2D eigenvalue weighted by Gasteiger charge is 2.39. The third-order valence-electron chi connectivity index (χ3n) is 1.48. The van der Waals surface area contributed by atoms with Gasteiger partial charge in [0.25, 0.3) is 0 Å². The number of hydrogen-bond donors (Lipinski definition) is 2. The molecule has 0 fully saturated rings. The Morgan fingerprint density at radius 3 is 2.40 bits per heavy atom. The summed E-state index contributed by atoms with van der Waals surface area (Å²) in [4.78, 5) is 11.1. The fraction of sp³-hybridized carbons (Fsp3) is 0.625. The average molecular weight is 225 g/mol. The third kappa shape index (κ3) is 5.93. The second kappa shape index (κ2) is 5.58. The van der Waals surface area contributed by atoms with Crippen molar-refractivity contribution in [2.75, 3.05) is 19.6 Å². The van der Waals surface area contributed by atoms with Crippen molar-refractivity contribution in [3.05, 3.63) is 0 Å². The molecule has 1 atom stereocenters. The largest absolute Gasteiger partial charge is 0.480 e. The first kappa shape index (κ1) is 13.7. The summed E-state index contributed by atoms with van der Waals surface area (Å²) in [6.45, 7) is -1.75. The van der Waals surface area contributed by atoms with Crippen molar-refractivity contribution >= 4 is 5.97 Å². The van der Waals surface area contributed by atoms with E-state index in [4.69, 9.17) is 16.6 Å². The number of hydrogen-bond acceptors (Lipinski definition) is 3. The number of alkyl halides is 3. The Labute approximate surface area is 84.3 Å². The Morgan fingerprint density at radius 1 is 1.53 bits per heavy atom.